The van der Waals surface area contributed by atoms with Crippen molar-refractivity contribution in [1.29, 1.82) is 0 Å². The smallest absolute Gasteiger partial charge is 0.245 e. The van der Waals surface area contributed by atoms with Crippen molar-refractivity contribution in [2.75, 3.05) is 20.2 Å². The Kier molecular flexibility index (Phi) is 5.29. The van der Waals surface area contributed by atoms with E-state index in [1.165, 1.54) is 4.31 Å². The van der Waals surface area contributed by atoms with Crippen molar-refractivity contribution in [2.24, 2.45) is 0 Å². The van der Waals surface area contributed by atoms with Gasteiger partial charge in [-0.3, -0.25) is 4.79 Å². The molecule has 6 nitrogen and oxygen atoms in total. The zero-order valence-corrected chi connectivity index (χ0v) is 15.6. The molecule has 1 fully saturated rings. The van der Waals surface area contributed by atoms with Crippen LogP contribution in [-0.2, 0) is 14.8 Å². The Bertz CT molecular complexity index is 866. The fourth-order valence-corrected chi connectivity index (χ4v) is 4.76. The van der Waals surface area contributed by atoms with E-state index in [0.717, 1.165) is 5.56 Å². The molecule has 0 unspecified atom stereocenters. The number of amides is 1. The fourth-order valence-electron chi connectivity index (χ4n) is 3.17. The molecule has 138 valence electrons. The highest BCUT2D eigenvalue weighted by atomic mass is 32.2. The molecule has 1 aliphatic heterocycles. The van der Waals surface area contributed by atoms with E-state index in [1.54, 1.807) is 73.5 Å². The quantitative estimate of drug-likeness (QED) is 0.807. The predicted octanol–water partition coefficient (Wildman–Crippen LogP) is 2.64. The lowest BCUT2D eigenvalue weighted by atomic mass is 10.1. The first-order valence-corrected chi connectivity index (χ1v) is 9.93. The molecule has 26 heavy (non-hydrogen) atoms. The standard InChI is InChI=1S/C19H22N2O4S/c1-3-18(22)20-13-14-21(26(23,24)17-7-5-4-6-8-17)19(20)15-9-11-16(25-2)12-10-15/h4-12,19H,3,13-14H2,1-2H3/t19-/m1/s1. The second-order valence-corrected chi connectivity index (χ2v) is 7.91. The van der Waals surface area contributed by atoms with Crippen molar-refractivity contribution in [1.82, 2.24) is 9.21 Å². The summed E-state index contributed by atoms with van der Waals surface area (Å²) in [5.74, 6) is 0.606. The topological polar surface area (TPSA) is 66.9 Å². The zero-order valence-electron chi connectivity index (χ0n) is 14.8. The van der Waals surface area contributed by atoms with Gasteiger partial charge in [0.2, 0.25) is 15.9 Å². The molecular weight excluding hydrogens is 352 g/mol. The number of nitrogens with zero attached hydrogens (tertiary/aromatic N) is 2. The van der Waals surface area contributed by atoms with Gasteiger partial charge in [0.25, 0.3) is 0 Å². The van der Waals surface area contributed by atoms with Crippen molar-refractivity contribution < 1.29 is 17.9 Å². The third-order valence-electron chi connectivity index (χ3n) is 4.52. The Balaban J connectivity index is 2.04. The largest absolute Gasteiger partial charge is 0.497 e. The first-order valence-electron chi connectivity index (χ1n) is 8.49. The van der Waals surface area contributed by atoms with Crippen LogP contribution < -0.4 is 4.74 Å². The summed E-state index contributed by atoms with van der Waals surface area (Å²) in [5.41, 5.74) is 0.740. The minimum absolute atomic E-state index is 0.0726. The summed E-state index contributed by atoms with van der Waals surface area (Å²) in [7, 11) is -2.15. The van der Waals surface area contributed by atoms with E-state index in [9.17, 15) is 13.2 Å². The Hall–Kier alpha value is -2.38. The molecular formula is C19H22N2O4S. The molecule has 0 aromatic heterocycles. The van der Waals surface area contributed by atoms with Gasteiger partial charge in [0.15, 0.2) is 0 Å². The lowest BCUT2D eigenvalue weighted by Crippen LogP contribution is -2.37. The van der Waals surface area contributed by atoms with Crippen LogP contribution >= 0.6 is 0 Å². The van der Waals surface area contributed by atoms with Crippen LogP contribution in [0.2, 0.25) is 0 Å². The van der Waals surface area contributed by atoms with Crippen molar-refractivity contribution >= 4 is 15.9 Å². The lowest BCUT2D eigenvalue weighted by Gasteiger charge is -2.30. The molecule has 0 aliphatic carbocycles. The molecule has 1 amide bonds. The van der Waals surface area contributed by atoms with E-state index >= 15 is 0 Å². The van der Waals surface area contributed by atoms with E-state index in [0.29, 0.717) is 18.7 Å². The highest BCUT2D eigenvalue weighted by Gasteiger charge is 2.42. The van der Waals surface area contributed by atoms with Gasteiger partial charge in [-0.25, -0.2) is 8.42 Å². The number of hydrogen-bond donors (Lipinski definition) is 0. The molecule has 1 atom stereocenters. The predicted molar refractivity (Wildman–Crippen MR) is 98.1 cm³/mol. The van der Waals surface area contributed by atoms with Gasteiger partial charge in [-0.2, -0.15) is 4.31 Å². The summed E-state index contributed by atoms with van der Waals surface area (Å²) in [6, 6.07) is 15.5. The number of benzene rings is 2. The second kappa shape index (κ2) is 7.47. The average Bonchev–Trinajstić information content (AvgIpc) is 3.14. The van der Waals surface area contributed by atoms with Crippen LogP contribution in [0.5, 0.6) is 5.75 Å². The Labute approximate surface area is 154 Å². The van der Waals surface area contributed by atoms with Crippen LogP contribution in [0.3, 0.4) is 0 Å². The Morgan fingerprint density at radius 2 is 1.73 bits per heavy atom. The normalized spacial score (nSPS) is 18.1. The van der Waals surface area contributed by atoms with Gasteiger partial charge >= 0.3 is 0 Å². The summed E-state index contributed by atoms with van der Waals surface area (Å²) >= 11 is 0. The Morgan fingerprint density at radius 1 is 1.08 bits per heavy atom. The molecule has 0 radical (unpaired) electrons. The lowest BCUT2D eigenvalue weighted by molar-refractivity contribution is -0.132. The van der Waals surface area contributed by atoms with Crippen molar-refractivity contribution in [3.8, 4) is 5.75 Å². The fraction of sp³-hybridized carbons (Fsp3) is 0.316. The minimum atomic E-state index is -3.72. The molecule has 1 heterocycles. The van der Waals surface area contributed by atoms with Gasteiger partial charge in [0.05, 0.1) is 12.0 Å². The molecule has 2 aromatic rings. The van der Waals surface area contributed by atoms with E-state index in [2.05, 4.69) is 0 Å². The number of carbonyl (C=O) groups is 1. The van der Waals surface area contributed by atoms with Crippen LogP contribution in [0.1, 0.15) is 25.1 Å². The molecule has 1 saturated heterocycles. The second-order valence-electron chi connectivity index (χ2n) is 6.02. The molecule has 1 aliphatic rings. The Morgan fingerprint density at radius 3 is 2.31 bits per heavy atom. The number of hydrogen-bond acceptors (Lipinski definition) is 4. The number of rotatable bonds is 5. The summed E-state index contributed by atoms with van der Waals surface area (Å²) in [6.07, 6.45) is -0.329. The van der Waals surface area contributed by atoms with Crippen LogP contribution in [0.25, 0.3) is 0 Å². The molecule has 0 bridgehead atoms. The third-order valence-corrected chi connectivity index (χ3v) is 6.38. The molecule has 3 rings (SSSR count). The van der Waals surface area contributed by atoms with Gasteiger partial charge in [-0.15, -0.1) is 0 Å². The van der Waals surface area contributed by atoms with Gasteiger partial charge in [-0.05, 0) is 29.8 Å². The van der Waals surface area contributed by atoms with Crippen LogP contribution in [-0.4, -0.2) is 43.7 Å². The highest BCUT2D eigenvalue weighted by Crippen LogP contribution is 2.35. The molecule has 0 saturated carbocycles. The van der Waals surface area contributed by atoms with Crippen LogP contribution in [0.15, 0.2) is 59.5 Å². The maximum Gasteiger partial charge on any atom is 0.245 e. The molecule has 0 spiro atoms. The highest BCUT2D eigenvalue weighted by molar-refractivity contribution is 7.89. The van der Waals surface area contributed by atoms with Crippen molar-refractivity contribution in [3.05, 3.63) is 60.2 Å². The van der Waals surface area contributed by atoms with E-state index in [-0.39, 0.29) is 17.3 Å². The van der Waals surface area contributed by atoms with Crippen LogP contribution in [0.4, 0.5) is 0 Å². The number of methoxy groups -OCH3 is 1. The van der Waals surface area contributed by atoms with Gasteiger partial charge in [0, 0.05) is 19.5 Å². The minimum Gasteiger partial charge on any atom is -0.497 e. The monoisotopic (exact) mass is 374 g/mol. The van der Waals surface area contributed by atoms with E-state index in [4.69, 9.17) is 4.74 Å². The van der Waals surface area contributed by atoms with Crippen molar-refractivity contribution in [3.63, 3.8) is 0 Å². The third kappa shape index (κ3) is 3.32. The van der Waals surface area contributed by atoms with E-state index < -0.39 is 16.2 Å². The number of sulfonamides is 1. The molecule has 7 heteroatoms. The first-order chi connectivity index (χ1) is 12.5. The zero-order chi connectivity index (χ0) is 18.7. The number of ether oxygens (including phenoxy) is 1. The summed E-state index contributed by atoms with van der Waals surface area (Å²) in [6.45, 7) is 2.41. The van der Waals surface area contributed by atoms with Gasteiger partial charge in [0.1, 0.15) is 11.9 Å². The maximum absolute atomic E-state index is 13.2. The van der Waals surface area contributed by atoms with Crippen molar-refractivity contribution in [2.45, 2.75) is 24.4 Å². The average molecular weight is 374 g/mol. The maximum atomic E-state index is 13.2. The molecule has 0 N–H and O–H groups in total. The molecule has 2 aromatic carbocycles. The first kappa shape index (κ1) is 18.4. The summed E-state index contributed by atoms with van der Waals surface area (Å²) < 4.78 is 32.9. The number of carbonyl (C=O) groups excluding carboxylic acids is 1. The SMILES string of the molecule is CCC(=O)N1CCN(S(=O)(=O)c2ccccc2)[C@@H]1c1ccc(OC)cc1. The summed E-state index contributed by atoms with van der Waals surface area (Å²) in [4.78, 5) is 14.3. The van der Waals surface area contributed by atoms with Gasteiger partial charge < -0.3 is 9.64 Å². The van der Waals surface area contributed by atoms with E-state index in [1.807, 2.05) is 0 Å². The van der Waals surface area contributed by atoms with Crippen LogP contribution in [0, 0.1) is 0 Å². The summed E-state index contributed by atoms with van der Waals surface area (Å²) in [5, 5.41) is 0. The van der Waals surface area contributed by atoms with Gasteiger partial charge in [-0.1, -0.05) is 37.3 Å².